The standard InChI is InChI=1S/C25H20FN7S/c1-13(2)29-16-9-15(10-27-11-16)17-3-4-18-20(21(17)26)24(33-32-18)25-30-19-5-7-28-22(23(19)31-25)14-6-8-34-12-14/h3-13,29H,1-2H3,(H,30,31)(H,32,33). The SMILES string of the molecule is CC(C)Nc1cncc(-c2ccc3[nH]nc(-c4nc5c(-c6ccsc6)nccc5[nH]4)c3c2F)c1. The lowest BCUT2D eigenvalue weighted by molar-refractivity contribution is 0.643. The minimum atomic E-state index is -0.374. The Kier molecular flexibility index (Phi) is 4.84. The van der Waals surface area contributed by atoms with Crippen LogP contribution in [0.25, 0.3) is 55.8 Å². The quantitative estimate of drug-likeness (QED) is 0.277. The van der Waals surface area contributed by atoms with Gasteiger partial charge in [-0.05, 0) is 49.6 Å². The van der Waals surface area contributed by atoms with Crippen LogP contribution in [0.3, 0.4) is 0 Å². The molecule has 0 saturated carbocycles. The van der Waals surface area contributed by atoms with E-state index in [0.29, 0.717) is 33.5 Å². The number of hydrogen-bond donors (Lipinski definition) is 3. The molecule has 0 aliphatic heterocycles. The van der Waals surface area contributed by atoms with Crippen molar-refractivity contribution < 1.29 is 4.39 Å². The molecule has 0 atom stereocenters. The Morgan fingerprint density at radius 1 is 1.03 bits per heavy atom. The largest absolute Gasteiger partial charge is 0.382 e. The molecule has 6 aromatic rings. The number of rotatable bonds is 5. The molecule has 3 N–H and O–H groups in total. The Balaban J connectivity index is 1.50. The monoisotopic (exact) mass is 469 g/mol. The summed E-state index contributed by atoms with van der Waals surface area (Å²) in [5.74, 6) is 0.108. The molecular weight excluding hydrogens is 449 g/mol. The fourth-order valence-corrected chi connectivity index (χ4v) is 4.77. The highest BCUT2D eigenvalue weighted by Crippen LogP contribution is 2.35. The van der Waals surface area contributed by atoms with Crippen molar-refractivity contribution in [2.45, 2.75) is 19.9 Å². The molecule has 5 heterocycles. The number of nitrogens with one attached hydrogen (secondary N) is 3. The van der Waals surface area contributed by atoms with Gasteiger partial charge in [-0.1, -0.05) is 0 Å². The molecule has 0 bridgehead atoms. The molecule has 1 aromatic carbocycles. The molecular formula is C25H20FN7S. The van der Waals surface area contributed by atoms with Crippen LogP contribution in [0.4, 0.5) is 10.1 Å². The highest BCUT2D eigenvalue weighted by molar-refractivity contribution is 7.08. The van der Waals surface area contributed by atoms with Gasteiger partial charge in [0.25, 0.3) is 0 Å². The predicted molar refractivity (Wildman–Crippen MR) is 134 cm³/mol. The molecule has 0 aliphatic rings. The number of anilines is 1. The van der Waals surface area contributed by atoms with Crippen molar-refractivity contribution in [3.05, 3.63) is 65.5 Å². The number of pyridine rings is 2. The van der Waals surface area contributed by atoms with Crippen molar-refractivity contribution >= 4 is 39.0 Å². The molecule has 5 aromatic heterocycles. The van der Waals surface area contributed by atoms with Gasteiger partial charge in [-0.25, -0.2) is 9.37 Å². The average Bonchev–Trinajstić information content (AvgIpc) is 3.57. The second-order valence-corrected chi connectivity index (χ2v) is 9.12. The molecule has 0 unspecified atom stereocenters. The number of aromatic nitrogens is 6. The summed E-state index contributed by atoms with van der Waals surface area (Å²) in [5.41, 5.74) is 6.31. The zero-order valence-electron chi connectivity index (χ0n) is 18.4. The second kappa shape index (κ2) is 8.03. The van der Waals surface area contributed by atoms with Gasteiger partial charge >= 0.3 is 0 Å². The van der Waals surface area contributed by atoms with Crippen molar-refractivity contribution in [1.29, 1.82) is 0 Å². The maximum atomic E-state index is 15.9. The van der Waals surface area contributed by atoms with E-state index in [9.17, 15) is 0 Å². The predicted octanol–water partition coefficient (Wildman–Crippen LogP) is 6.25. The fourth-order valence-electron chi connectivity index (χ4n) is 4.12. The summed E-state index contributed by atoms with van der Waals surface area (Å²) >= 11 is 1.60. The zero-order chi connectivity index (χ0) is 23.2. The van der Waals surface area contributed by atoms with Gasteiger partial charge in [-0.2, -0.15) is 16.4 Å². The first-order chi connectivity index (χ1) is 16.6. The van der Waals surface area contributed by atoms with Crippen LogP contribution in [0.2, 0.25) is 0 Å². The molecule has 0 amide bonds. The lowest BCUT2D eigenvalue weighted by atomic mass is 10.0. The summed E-state index contributed by atoms with van der Waals surface area (Å²) in [7, 11) is 0. The topological polar surface area (TPSA) is 95.2 Å². The highest BCUT2D eigenvalue weighted by Gasteiger charge is 2.20. The van der Waals surface area contributed by atoms with E-state index in [4.69, 9.17) is 4.98 Å². The number of nitrogens with zero attached hydrogens (tertiary/aromatic N) is 4. The Hall–Kier alpha value is -4.11. The summed E-state index contributed by atoms with van der Waals surface area (Å²) in [6.07, 6.45) is 5.13. The van der Waals surface area contributed by atoms with Crippen LogP contribution < -0.4 is 5.32 Å². The van der Waals surface area contributed by atoms with E-state index in [1.807, 2.05) is 48.9 Å². The molecule has 7 nitrogen and oxygen atoms in total. The van der Waals surface area contributed by atoms with Crippen LogP contribution in [0.1, 0.15) is 13.8 Å². The number of imidazole rings is 1. The van der Waals surface area contributed by atoms with Gasteiger partial charge in [0, 0.05) is 46.7 Å². The van der Waals surface area contributed by atoms with E-state index in [1.54, 1.807) is 36.0 Å². The van der Waals surface area contributed by atoms with Gasteiger partial charge in [0.15, 0.2) is 5.82 Å². The van der Waals surface area contributed by atoms with E-state index in [1.165, 1.54) is 0 Å². The van der Waals surface area contributed by atoms with E-state index < -0.39 is 0 Å². The molecule has 0 saturated heterocycles. The Bertz CT molecular complexity index is 1630. The minimum Gasteiger partial charge on any atom is -0.382 e. The number of H-pyrrole nitrogens is 2. The zero-order valence-corrected chi connectivity index (χ0v) is 19.2. The number of fused-ring (bicyclic) bond motifs is 2. The number of aromatic amines is 2. The second-order valence-electron chi connectivity index (χ2n) is 8.34. The van der Waals surface area contributed by atoms with Crippen molar-refractivity contribution in [3.8, 4) is 33.9 Å². The Labute approximate surface area is 198 Å². The summed E-state index contributed by atoms with van der Waals surface area (Å²) in [5, 5.41) is 15.1. The molecule has 9 heteroatoms. The van der Waals surface area contributed by atoms with Crippen molar-refractivity contribution in [2.75, 3.05) is 5.32 Å². The molecule has 0 aliphatic carbocycles. The molecule has 0 fully saturated rings. The van der Waals surface area contributed by atoms with E-state index in [0.717, 1.165) is 28.0 Å². The minimum absolute atomic E-state index is 0.242. The van der Waals surface area contributed by atoms with Crippen LogP contribution >= 0.6 is 11.3 Å². The first kappa shape index (κ1) is 20.5. The number of hydrogen-bond acceptors (Lipinski definition) is 6. The van der Waals surface area contributed by atoms with Gasteiger partial charge in [0.05, 0.1) is 27.8 Å². The maximum Gasteiger partial charge on any atom is 0.159 e. The molecule has 0 spiro atoms. The normalized spacial score (nSPS) is 11.6. The Morgan fingerprint density at radius 2 is 1.94 bits per heavy atom. The maximum absolute atomic E-state index is 15.9. The summed E-state index contributed by atoms with van der Waals surface area (Å²) in [6.45, 7) is 4.09. The number of halogens is 1. The first-order valence-corrected chi connectivity index (χ1v) is 11.8. The molecule has 168 valence electrons. The Morgan fingerprint density at radius 3 is 2.76 bits per heavy atom. The number of thiophene rings is 1. The summed E-state index contributed by atoms with van der Waals surface area (Å²) in [6, 6.07) is 9.58. The van der Waals surface area contributed by atoms with Gasteiger partial charge < -0.3 is 10.3 Å². The first-order valence-electron chi connectivity index (χ1n) is 10.8. The van der Waals surface area contributed by atoms with Gasteiger partial charge in [-0.15, -0.1) is 0 Å². The lowest BCUT2D eigenvalue weighted by Crippen LogP contribution is -2.09. The van der Waals surface area contributed by atoms with Crippen LogP contribution in [-0.2, 0) is 0 Å². The number of benzene rings is 1. The average molecular weight is 470 g/mol. The van der Waals surface area contributed by atoms with E-state index in [2.05, 4.69) is 30.5 Å². The van der Waals surface area contributed by atoms with Crippen LogP contribution in [0.5, 0.6) is 0 Å². The van der Waals surface area contributed by atoms with Gasteiger partial charge in [0.1, 0.15) is 17.0 Å². The smallest absolute Gasteiger partial charge is 0.159 e. The molecule has 34 heavy (non-hydrogen) atoms. The molecule has 6 rings (SSSR count). The third kappa shape index (κ3) is 3.41. The van der Waals surface area contributed by atoms with Crippen LogP contribution in [-0.4, -0.2) is 36.2 Å². The summed E-state index contributed by atoms with van der Waals surface area (Å²) < 4.78 is 15.9. The van der Waals surface area contributed by atoms with Crippen LogP contribution in [0, 0.1) is 5.82 Å². The van der Waals surface area contributed by atoms with Crippen LogP contribution in [0.15, 0.2) is 59.7 Å². The van der Waals surface area contributed by atoms with Crippen molar-refractivity contribution in [1.82, 2.24) is 30.1 Å². The third-order valence-corrected chi connectivity index (χ3v) is 6.27. The fraction of sp³-hybridized carbons (Fsp3) is 0.120. The summed E-state index contributed by atoms with van der Waals surface area (Å²) in [4.78, 5) is 16.9. The van der Waals surface area contributed by atoms with Crippen molar-refractivity contribution in [2.24, 2.45) is 0 Å². The van der Waals surface area contributed by atoms with Gasteiger partial charge in [-0.3, -0.25) is 15.1 Å². The third-order valence-electron chi connectivity index (χ3n) is 5.59. The molecule has 0 radical (unpaired) electrons. The van der Waals surface area contributed by atoms with E-state index in [-0.39, 0.29) is 11.9 Å². The van der Waals surface area contributed by atoms with E-state index >= 15 is 4.39 Å². The van der Waals surface area contributed by atoms with Crippen molar-refractivity contribution in [3.63, 3.8) is 0 Å². The van der Waals surface area contributed by atoms with Gasteiger partial charge in [0.2, 0.25) is 0 Å². The lowest BCUT2D eigenvalue weighted by Gasteiger charge is -2.11. The highest BCUT2D eigenvalue weighted by atomic mass is 32.1.